The minimum absolute atomic E-state index is 0.128. The minimum atomic E-state index is -0.215. The summed E-state index contributed by atoms with van der Waals surface area (Å²) >= 11 is 0. The lowest BCUT2D eigenvalue weighted by Crippen LogP contribution is -2.30. The van der Waals surface area contributed by atoms with E-state index in [1.54, 1.807) is 4.90 Å². The Labute approximate surface area is 107 Å². The summed E-state index contributed by atoms with van der Waals surface area (Å²) in [6.07, 6.45) is 8.08. The third-order valence-corrected chi connectivity index (χ3v) is 3.63. The summed E-state index contributed by atoms with van der Waals surface area (Å²) in [5.74, 6) is 0. The zero-order valence-corrected chi connectivity index (χ0v) is 10.3. The molecule has 1 aliphatic heterocycles. The van der Waals surface area contributed by atoms with Crippen LogP contribution >= 0.6 is 0 Å². The summed E-state index contributed by atoms with van der Waals surface area (Å²) in [6, 6.07) is 8.12. The summed E-state index contributed by atoms with van der Waals surface area (Å²) in [7, 11) is 0. The highest BCUT2D eigenvalue weighted by Gasteiger charge is 2.23. The van der Waals surface area contributed by atoms with E-state index in [1.807, 2.05) is 24.4 Å². The zero-order valence-electron chi connectivity index (χ0n) is 10.3. The highest BCUT2D eigenvalue weighted by Crippen LogP contribution is 2.24. The molecule has 3 rings (SSSR count). The van der Waals surface area contributed by atoms with E-state index in [0.29, 0.717) is 6.54 Å². The smallest absolute Gasteiger partial charge is 0.414 e. The molecule has 1 aromatic carbocycles. The molecule has 0 saturated heterocycles. The number of nitrogens with zero attached hydrogens (tertiary/aromatic N) is 1. The normalized spacial score (nSPS) is 18.8. The fourth-order valence-electron chi connectivity index (χ4n) is 2.59. The number of benzene rings is 1. The molecular weight excluding hydrogens is 226 g/mol. The Morgan fingerprint density at radius 3 is 2.83 bits per heavy atom. The first-order valence-corrected chi connectivity index (χ1v) is 6.56. The molecule has 18 heavy (non-hydrogen) atoms. The number of carbonyl (C=O) groups excluding carboxylic acids is 1. The fourth-order valence-corrected chi connectivity index (χ4v) is 2.59. The van der Waals surface area contributed by atoms with E-state index in [1.165, 1.54) is 24.0 Å². The van der Waals surface area contributed by atoms with Crippen LogP contribution in [0, 0.1) is 0 Å². The monoisotopic (exact) mass is 243 g/mol. The molecule has 1 saturated carbocycles. The number of amides is 1. The van der Waals surface area contributed by atoms with Crippen LogP contribution in [-0.2, 0) is 11.3 Å². The first-order valence-electron chi connectivity index (χ1n) is 6.56. The molecule has 0 unspecified atom stereocenters. The molecule has 0 aromatic heterocycles. The van der Waals surface area contributed by atoms with E-state index >= 15 is 0 Å². The van der Waals surface area contributed by atoms with Crippen LogP contribution in [0.1, 0.15) is 36.8 Å². The molecule has 1 fully saturated rings. The van der Waals surface area contributed by atoms with Gasteiger partial charge in [0.15, 0.2) is 0 Å². The minimum Gasteiger partial charge on any atom is -0.446 e. The highest BCUT2D eigenvalue weighted by atomic mass is 16.6. The summed E-state index contributed by atoms with van der Waals surface area (Å²) in [5.41, 5.74) is 2.35. The number of fused-ring (bicyclic) bond motifs is 1. The number of hydrogen-bond acceptors (Lipinski definition) is 2. The second-order valence-electron chi connectivity index (χ2n) is 4.93. The molecule has 2 aliphatic rings. The third-order valence-electron chi connectivity index (χ3n) is 3.63. The van der Waals surface area contributed by atoms with Crippen LogP contribution in [0.15, 0.2) is 30.5 Å². The SMILES string of the molecule is O=C(OC1CCCC1)N1C=Cc2ccccc2C1. The summed E-state index contributed by atoms with van der Waals surface area (Å²) in [5, 5.41) is 0. The van der Waals surface area contributed by atoms with Gasteiger partial charge in [-0.25, -0.2) is 4.79 Å². The predicted molar refractivity (Wildman–Crippen MR) is 69.8 cm³/mol. The molecule has 3 heteroatoms. The van der Waals surface area contributed by atoms with Gasteiger partial charge in [0.1, 0.15) is 6.10 Å². The van der Waals surface area contributed by atoms with Crippen molar-refractivity contribution in [3.63, 3.8) is 0 Å². The van der Waals surface area contributed by atoms with Crippen LogP contribution in [0.25, 0.3) is 6.08 Å². The Morgan fingerprint density at radius 1 is 1.22 bits per heavy atom. The maximum atomic E-state index is 12.0. The van der Waals surface area contributed by atoms with Gasteiger partial charge in [-0.2, -0.15) is 0 Å². The van der Waals surface area contributed by atoms with Gasteiger partial charge in [0.2, 0.25) is 0 Å². The van der Waals surface area contributed by atoms with Gasteiger partial charge in [-0.1, -0.05) is 24.3 Å². The Balaban J connectivity index is 1.66. The average molecular weight is 243 g/mol. The van der Waals surface area contributed by atoms with Gasteiger partial charge < -0.3 is 4.74 Å². The van der Waals surface area contributed by atoms with E-state index < -0.39 is 0 Å². The molecule has 0 atom stereocenters. The first-order chi connectivity index (χ1) is 8.83. The second kappa shape index (κ2) is 4.84. The van der Waals surface area contributed by atoms with E-state index in [9.17, 15) is 4.79 Å². The zero-order chi connectivity index (χ0) is 12.4. The van der Waals surface area contributed by atoms with Crippen molar-refractivity contribution in [1.82, 2.24) is 4.90 Å². The number of carbonyl (C=O) groups is 1. The number of hydrogen-bond donors (Lipinski definition) is 0. The quantitative estimate of drug-likeness (QED) is 0.754. The first kappa shape index (κ1) is 11.3. The Hall–Kier alpha value is -1.77. The van der Waals surface area contributed by atoms with Gasteiger partial charge in [0, 0.05) is 6.20 Å². The predicted octanol–water partition coefficient (Wildman–Crippen LogP) is 3.55. The third kappa shape index (κ3) is 2.26. The van der Waals surface area contributed by atoms with Gasteiger partial charge in [-0.05, 0) is 42.9 Å². The van der Waals surface area contributed by atoms with Crippen LogP contribution in [0.5, 0.6) is 0 Å². The van der Waals surface area contributed by atoms with Crippen molar-refractivity contribution in [1.29, 1.82) is 0 Å². The van der Waals surface area contributed by atoms with Crippen LogP contribution < -0.4 is 0 Å². The maximum Gasteiger partial charge on any atom is 0.414 e. The van der Waals surface area contributed by atoms with Crippen molar-refractivity contribution in [3.8, 4) is 0 Å². The van der Waals surface area contributed by atoms with Gasteiger partial charge in [-0.15, -0.1) is 0 Å². The fraction of sp³-hybridized carbons (Fsp3) is 0.400. The average Bonchev–Trinajstić information content (AvgIpc) is 2.91. The van der Waals surface area contributed by atoms with Crippen LogP contribution in [-0.4, -0.2) is 17.1 Å². The summed E-state index contributed by atoms with van der Waals surface area (Å²) in [4.78, 5) is 13.7. The van der Waals surface area contributed by atoms with Crippen LogP contribution in [0.2, 0.25) is 0 Å². The lowest BCUT2D eigenvalue weighted by atomic mass is 10.1. The molecule has 3 nitrogen and oxygen atoms in total. The van der Waals surface area contributed by atoms with Gasteiger partial charge in [0.05, 0.1) is 6.54 Å². The van der Waals surface area contributed by atoms with E-state index in [4.69, 9.17) is 4.74 Å². The van der Waals surface area contributed by atoms with Gasteiger partial charge in [-0.3, -0.25) is 4.90 Å². The van der Waals surface area contributed by atoms with Gasteiger partial charge in [0.25, 0.3) is 0 Å². The van der Waals surface area contributed by atoms with E-state index in [-0.39, 0.29) is 12.2 Å². The molecule has 1 aliphatic carbocycles. The second-order valence-corrected chi connectivity index (χ2v) is 4.93. The molecule has 0 radical (unpaired) electrons. The Kier molecular flexibility index (Phi) is 3.05. The maximum absolute atomic E-state index is 12.0. The van der Waals surface area contributed by atoms with Crippen molar-refractivity contribution < 1.29 is 9.53 Å². The van der Waals surface area contributed by atoms with Gasteiger partial charge >= 0.3 is 6.09 Å². The van der Waals surface area contributed by atoms with Crippen molar-refractivity contribution in [3.05, 3.63) is 41.6 Å². The van der Waals surface area contributed by atoms with E-state index in [0.717, 1.165) is 12.8 Å². The summed E-state index contributed by atoms with van der Waals surface area (Å²) < 4.78 is 5.50. The van der Waals surface area contributed by atoms with Crippen molar-refractivity contribution in [2.45, 2.75) is 38.3 Å². The van der Waals surface area contributed by atoms with Crippen molar-refractivity contribution in [2.24, 2.45) is 0 Å². The Morgan fingerprint density at radius 2 is 2.00 bits per heavy atom. The highest BCUT2D eigenvalue weighted by molar-refractivity contribution is 5.72. The largest absolute Gasteiger partial charge is 0.446 e. The summed E-state index contributed by atoms with van der Waals surface area (Å²) in [6.45, 7) is 0.609. The topological polar surface area (TPSA) is 29.5 Å². The molecule has 1 amide bonds. The molecule has 0 bridgehead atoms. The number of rotatable bonds is 1. The molecule has 1 aromatic rings. The molecule has 0 spiro atoms. The lowest BCUT2D eigenvalue weighted by molar-refractivity contribution is 0.0751. The van der Waals surface area contributed by atoms with Crippen molar-refractivity contribution >= 4 is 12.2 Å². The Bertz CT molecular complexity index is 475. The molecular formula is C15H17NO2. The van der Waals surface area contributed by atoms with Crippen LogP contribution in [0.4, 0.5) is 4.79 Å². The van der Waals surface area contributed by atoms with E-state index in [2.05, 4.69) is 12.1 Å². The molecule has 0 N–H and O–H groups in total. The molecule has 1 heterocycles. The molecule has 94 valence electrons. The standard InChI is InChI=1S/C15H17NO2/c17-15(18-14-7-3-4-8-14)16-10-9-12-5-1-2-6-13(12)11-16/h1-2,5-6,9-10,14H,3-4,7-8,11H2. The number of ether oxygens (including phenoxy) is 1. The van der Waals surface area contributed by atoms with Crippen molar-refractivity contribution in [2.75, 3.05) is 0 Å². The van der Waals surface area contributed by atoms with Crippen LogP contribution in [0.3, 0.4) is 0 Å². The lowest BCUT2D eigenvalue weighted by Gasteiger charge is -2.24.